The lowest BCUT2D eigenvalue weighted by molar-refractivity contribution is -0.142. The van der Waals surface area contributed by atoms with Crippen molar-refractivity contribution in [2.75, 3.05) is 26.1 Å². The number of amides is 1. The van der Waals surface area contributed by atoms with Gasteiger partial charge in [-0.2, -0.15) is 13.2 Å². The second kappa shape index (κ2) is 9.97. The fourth-order valence-corrected chi connectivity index (χ4v) is 2.38. The van der Waals surface area contributed by atoms with Crippen LogP contribution < -0.4 is 14.8 Å². The number of rotatable bonds is 7. The Morgan fingerprint density at radius 1 is 1.20 bits per heavy atom. The fourth-order valence-electron chi connectivity index (χ4n) is 2.17. The van der Waals surface area contributed by atoms with Gasteiger partial charge in [-0.15, -0.1) is 0 Å². The first-order chi connectivity index (χ1) is 14.1. The molecule has 7 nitrogen and oxygen atoms in total. The molecule has 0 aliphatic rings. The van der Waals surface area contributed by atoms with Crippen molar-refractivity contribution in [1.82, 2.24) is 4.98 Å². The molecule has 0 radical (unpaired) electrons. The smallest absolute Gasteiger partial charge is 0.417 e. The average molecular weight is 445 g/mol. The Balaban J connectivity index is 1.94. The Morgan fingerprint density at radius 2 is 1.93 bits per heavy atom. The van der Waals surface area contributed by atoms with Crippen LogP contribution in [0.2, 0.25) is 5.02 Å². The van der Waals surface area contributed by atoms with Crippen LogP contribution in [0.15, 0.2) is 36.5 Å². The standard InChI is InChI=1S/C19H16ClF3N2O5/c1-28-13-4-5-15(29-2)11(7-13)3-6-17(27)30-10-16(26)25-18-14(20)8-12(9-24-18)19(21,22)23/h3-9H,10H2,1-2H3,(H,24,25,26)/b6-3+. The number of aromatic nitrogens is 1. The van der Waals surface area contributed by atoms with Crippen LogP contribution in [0.4, 0.5) is 19.0 Å². The zero-order valence-corrected chi connectivity index (χ0v) is 16.5. The Labute approximate surface area is 174 Å². The van der Waals surface area contributed by atoms with E-state index in [1.807, 2.05) is 0 Å². The maximum atomic E-state index is 12.6. The molecular weight excluding hydrogens is 429 g/mol. The van der Waals surface area contributed by atoms with E-state index in [2.05, 4.69) is 10.3 Å². The van der Waals surface area contributed by atoms with E-state index in [0.717, 1.165) is 6.08 Å². The van der Waals surface area contributed by atoms with Crippen LogP contribution in [-0.4, -0.2) is 37.7 Å². The molecule has 0 atom stereocenters. The first kappa shape index (κ1) is 23.0. The summed E-state index contributed by atoms with van der Waals surface area (Å²) in [6.45, 7) is -0.697. The molecule has 30 heavy (non-hydrogen) atoms. The summed E-state index contributed by atoms with van der Waals surface area (Å²) in [5.74, 6) is -0.918. The van der Waals surface area contributed by atoms with Crippen molar-refractivity contribution >= 4 is 35.4 Å². The molecule has 0 unspecified atom stereocenters. The fraction of sp³-hybridized carbons (Fsp3) is 0.211. The summed E-state index contributed by atoms with van der Waals surface area (Å²) in [5.41, 5.74) is -0.519. The Kier molecular flexibility index (Phi) is 7.65. The first-order valence-corrected chi connectivity index (χ1v) is 8.61. The average Bonchev–Trinajstić information content (AvgIpc) is 2.71. The van der Waals surface area contributed by atoms with Gasteiger partial charge in [-0.25, -0.2) is 9.78 Å². The maximum absolute atomic E-state index is 12.6. The number of halogens is 4. The number of benzene rings is 1. The molecule has 1 N–H and O–H groups in total. The number of carbonyl (C=O) groups is 2. The molecule has 1 aromatic heterocycles. The van der Waals surface area contributed by atoms with E-state index < -0.39 is 35.2 Å². The third-order valence-electron chi connectivity index (χ3n) is 3.61. The zero-order chi connectivity index (χ0) is 22.3. The molecule has 2 rings (SSSR count). The summed E-state index contributed by atoms with van der Waals surface area (Å²) < 4.78 is 52.8. The molecule has 0 aliphatic heterocycles. The second-order valence-electron chi connectivity index (χ2n) is 5.65. The zero-order valence-electron chi connectivity index (χ0n) is 15.7. The number of alkyl halides is 3. The number of carbonyl (C=O) groups excluding carboxylic acids is 2. The third kappa shape index (κ3) is 6.38. The first-order valence-electron chi connectivity index (χ1n) is 8.23. The van der Waals surface area contributed by atoms with Crippen LogP contribution in [0.5, 0.6) is 11.5 Å². The highest BCUT2D eigenvalue weighted by atomic mass is 35.5. The van der Waals surface area contributed by atoms with Crippen molar-refractivity contribution < 1.29 is 37.0 Å². The maximum Gasteiger partial charge on any atom is 0.417 e. The number of ether oxygens (including phenoxy) is 3. The second-order valence-corrected chi connectivity index (χ2v) is 6.06. The van der Waals surface area contributed by atoms with E-state index >= 15 is 0 Å². The molecule has 160 valence electrons. The summed E-state index contributed by atoms with van der Waals surface area (Å²) in [6, 6.07) is 5.59. The van der Waals surface area contributed by atoms with Gasteiger partial charge in [0.05, 0.1) is 24.8 Å². The molecule has 2 aromatic rings. The number of hydrogen-bond acceptors (Lipinski definition) is 6. The lowest BCUT2D eigenvalue weighted by Crippen LogP contribution is -2.21. The number of nitrogens with one attached hydrogen (secondary N) is 1. The van der Waals surface area contributed by atoms with Gasteiger partial charge in [0.15, 0.2) is 12.4 Å². The van der Waals surface area contributed by atoms with Gasteiger partial charge in [-0.05, 0) is 30.3 Å². The Bertz CT molecular complexity index is 964. The van der Waals surface area contributed by atoms with E-state index in [0.29, 0.717) is 29.3 Å². The van der Waals surface area contributed by atoms with Gasteiger partial charge in [0.25, 0.3) is 5.91 Å². The van der Waals surface area contributed by atoms with Crippen molar-refractivity contribution in [3.8, 4) is 11.5 Å². The summed E-state index contributed by atoms with van der Waals surface area (Å²) >= 11 is 5.69. The lowest BCUT2D eigenvalue weighted by atomic mass is 10.1. The molecule has 11 heteroatoms. The number of hydrogen-bond donors (Lipinski definition) is 1. The van der Waals surface area contributed by atoms with E-state index in [1.165, 1.54) is 20.3 Å². The number of nitrogens with zero attached hydrogens (tertiary/aromatic N) is 1. The van der Waals surface area contributed by atoms with E-state index in [4.69, 9.17) is 25.8 Å². The molecule has 0 saturated carbocycles. The van der Waals surface area contributed by atoms with Crippen molar-refractivity contribution in [3.05, 3.63) is 52.7 Å². The molecule has 0 bridgehead atoms. The SMILES string of the molecule is COc1ccc(OC)c(/C=C/C(=O)OCC(=O)Nc2ncc(C(F)(F)F)cc2Cl)c1. The van der Waals surface area contributed by atoms with E-state index in [9.17, 15) is 22.8 Å². The van der Waals surface area contributed by atoms with Crippen LogP contribution in [0, 0.1) is 0 Å². The number of pyridine rings is 1. The van der Waals surface area contributed by atoms with Gasteiger partial charge in [0.2, 0.25) is 0 Å². The van der Waals surface area contributed by atoms with Gasteiger partial charge >= 0.3 is 12.1 Å². The van der Waals surface area contributed by atoms with Crippen LogP contribution in [-0.2, 0) is 20.5 Å². The minimum Gasteiger partial charge on any atom is -0.497 e. The highest BCUT2D eigenvalue weighted by Gasteiger charge is 2.31. The van der Waals surface area contributed by atoms with E-state index in [1.54, 1.807) is 18.2 Å². The van der Waals surface area contributed by atoms with Gasteiger partial charge in [0.1, 0.15) is 11.5 Å². The number of anilines is 1. The molecular formula is C19H16ClF3N2O5. The predicted octanol–water partition coefficient (Wildman–Crippen LogP) is 3.97. The number of methoxy groups -OCH3 is 2. The minimum absolute atomic E-state index is 0.289. The van der Waals surface area contributed by atoms with Gasteiger partial charge in [0, 0.05) is 17.8 Å². The Hall–Kier alpha value is -3.27. The quantitative estimate of drug-likeness (QED) is 0.513. The molecule has 0 saturated heterocycles. The number of esters is 1. The van der Waals surface area contributed by atoms with Crippen LogP contribution in [0.3, 0.4) is 0 Å². The van der Waals surface area contributed by atoms with Crippen LogP contribution in [0.1, 0.15) is 11.1 Å². The molecule has 1 amide bonds. The predicted molar refractivity (Wildman–Crippen MR) is 102 cm³/mol. The molecule has 0 fully saturated rings. The van der Waals surface area contributed by atoms with Gasteiger partial charge in [-0.1, -0.05) is 11.6 Å². The molecule has 0 spiro atoms. The Morgan fingerprint density at radius 3 is 2.53 bits per heavy atom. The van der Waals surface area contributed by atoms with Crippen molar-refractivity contribution in [1.29, 1.82) is 0 Å². The molecule has 0 aliphatic carbocycles. The normalized spacial score (nSPS) is 11.3. The summed E-state index contributed by atoms with van der Waals surface area (Å²) in [5, 5.41) is 1.76. The highest BCUT2D eigenvalue weighted by molar-refractivity contribution is 6.33. The lowest BCUT2D eigenvalue weighted by Gasteiger charge is -2.10. The van der Waals surface area contributed by atoms with Crippen molar-refractivity contribution in [2.45, 2.75) is 6.18 Å². The summed E-state index contributed by atoms with van der Waals surface area (Å²) in [7, 11) is 2.95. The topological polar surface area (TPSA) is 86.8 Å². The molecule has 1 aromatic carbocycles. The van der Waals surface area contributed by atoms with E-state index in [-0.39, 0.29) is 5.82 Å². The van der Waals surface area contributed by atoms with Crippen LogP contribution in [0.25, 0.3) is 6.08 Å². The molecule has 1 heterocycles. The minimum atomic E-state index is -4.62. The highest BCUT2D eigenvalue weighted by Crippen LogP contribution is 2.32. The largest absolute Gasteiger partial charge is 0.497 e. The summed E-state index contributed by atoms with van der Waals surface area (Å²) in [6.07, 6.45) is -1.60. The van der Waals surface area contributed by atoms with Crippen LogP contribution >= 0.6 is 11.6 Å². The third-order valence-corrected chi connectivity index (χ3v) is 3.90. The van der Waals surface area contributed by atoms with Gasteiger partial charge < -0.3 is 19.5 Å². The monoisotopic (exact) mass is 444 g/mol. The van der Waals surface area contributed by atoms with Gasteiger partial charge in [-0.3, -0.25) is 4.79 Å². The van der Waals surface area contributed by atoms with Crippen molar-refractivity contribution in [2.24, 2.45) is 0 Å². The summed E-state index contributed by atoms with van der Waals surface area (Å²) in [4.78, 5) is 27.1. The van der Waals surface area contributed by atoms with Crippen molar-refractivity contribution in [3.63, 3.8) is 0 Å².